The van der Waals surface area contributed by atoms with Crippen LogP contribution in [0.3, 0.4) is 0 Å². The van der Waals surface area contributed by atoms with Crippen molar-refractivity contribution in [2.24, 2.45) is 0 Å². The molecule has 0 amide bonds. The molecule has 5 heteroatoms. The molecule has 0 radical (unpaired) electrons. The number of Topliss-reactive ketones (excluding diaryl/α,β-unsaturated/α-hetero) is 1. The van der Waals surface area contributed by atoms with Gasteiger partial charge in [0.2, 0.25) is 0 Å². The summed E-state index contributed by atoms with van der Waals surface area (Å²) in [5, 5.41) is 0.0867. The lowest BCUT2D eigenvalue weighted by Gasteiger charge is -2.03. The Balaban J connectivity index is 3.26. The standard InChI is InChI=1S/C8H6Cl2FNO/c9-3-6(13)4-1-2-5(10)8(12)7(4)11/h1-2H,3,12H2. The van der Waals surface area contributed by atoms with Crippen molar-refractivity contribution in [3.63, 3.8) is 0 Å². The Morgan fingerprint density at radius 2 is 2.15 bits per heavy atom. The van der Waals surface area contributed by atoms with E-state index < -0.39 is 11.6 Å². The van der Waals surface area contributed by atoms with E-state index in [9.17, 15) is 9.18 Å². The second kappa shape index (κ2) is 3.94. The third kappa shape index (κ3) is 1.92. The van der Waals surface area contributed by atoms with Crippen molar-refractivity contribution in [2.45, 2.75) is 0 Å². The van der Waals surface area contributed by atoms with E-state index in [4.69, 9.17) is 28.9 Å². The van der Waals surface area contributed by atoms with Gasteiger partial charge in [0.1, 0.15) is 0 Å². The molecule has 13 heavy (non-hydrogen) atoms. The van der Waals surface area contributed by atoms with Gasteiger partial charge >= 0.3 is 0 Å². The normalized spacial score (nSPS) is 10.1. The summed E-state index contributed by atoms with van der Waals surface area (Å²) in [6.07, 6.45) is 0. The predicted molar refractivity (Wildman–Crippen MR) is 50.9 cm³/mol. The molecule has 0 saturated carbocycles. The second-order valence-electron chi connectivity index (χ2n) is 2.38. The first-order valence-electron chi connectivity index (χ1n) is 3.40. The number of halogens is 3. The Morgan fingerprint density at radius 3 is 2.69 bits per heavy atom. The molecule has 0 heterocycles. The van der Waals surface area contributed by atoms with Crippen LogP contribution in [0.25, 0.3) is 0 Å². The van der Waals surface area contributed by atoms with Crippen molar-refractivity contribution in [2.75, 3.05) is 11.6 Å². The van der Waals surface area contributed by atoms with Crippen LogP contribution in [0.4, 0.5) is 10.1 Å². The maximum atomic E-state index is 13.2. The average molecular weight is 222 g/mol. The molecule has 1 aromatic rings. The number of rotatable bonds is 2. The zero-order valence-electron chi connectivity index (χ0n) is 6.48. The molecule has 0 aliphatic carbocycles. The first-order valence-corrected chi connectivity index (χ1v) is 4.31. The van der Waals surface area contributed by atoms with Crippen molar-refractivity contribution in [3.8, 4) is 0 Å². The third-order valence-electron chi connectivity index (χ3n) is 1.55. The zero-order chi connectivity index (χ0) is 10.0. The number of ketones is 1. The number of hydrogen-bond donors (Lipinski definition) is 1. The van der Waals surface area contributed by atoms with Gasteiger partial charge in [-0.05, 0) is 12.1 Å². The number of alkyl halides is 1. The van der Waals surface area contributed by atoms with Gasteiger partial charge in [0.25, 0.3) is 0 Å². The Bertz CT molecular complexity index is 354. The summed E-state index contributed by atoms with van der Waals surface area (Å²) in [6.45, 7) is 0. The van der Waals surface area contributed by atoms with E-state index in [0.29, 0.717) is 0 Å². The number of hydrogen-bond acceptors (Lipinski definition) is 2. The lowest BCUT2D eigenvalue weighted by molar-refractivity contribution is 0.101. The van der Waals surface area contributed by atoms with Crippen LogP contribution < -0.4 is 5.73 Å². The number of nitrogens with two attached hydrogens (primary N) is 1. The van der Waals surface area contributed by atoms with Gasteiger partial charge in [-0.2, -0.15) is 0 Å². The summed E-state index contributed by atoms with van der Waals surface area (Å²) < 4.78 is 13.2. The first kappa shape index (κ1) is 10.3. The van der Waals surface area contributed by atoms with Gasteiger partial charge in [0.15, 0.2) is 11.6 Å². The fraction of sp³-hybridized carbons (Fsp3) is 0.125. The highest BCUT2D eigenvalue weighted by Gasteiger charge is 2.14. The molecule has 0 atom stereocenters. The van der Waals surface area contributed by atoms with Gasteiger partial charge in [-0.15, -0.1) is 11.6 Å². The summed E-state index contributed by atoms with van der Waals surface area (Å²) in [5.74, 6) is -1.60. The van der Waals surface area contributed by atoms with Crippen molar-refractivity contribution in [1.29, 1.82) is 0 Å². The van der Waals surface area contributed by atoms with Crippen molar-refractivity contribution in [3.05, 3.63) is 28.5 Å². The number of anilines is 1. The third-order valence-corrected chi connectivity index (χ3v) is 2.12. The molecule has 0 saturated heterocycles. The maximum absolute atomic E-state index is 13.2. The summed E-state index contributed by atoms with van der Waals surface area (Å²) in [6, 6.07) is 2.62. The quantitative estimate of drug-likeness (QED) is 0.474. The summed E-state index contributed by atoms with van der Waals surface area (Å²) in [5.41, 5.74) is 4.92. The Kier molecular flexibility index (Phi) is 3.12. The number of carbonyl (C=O) groups excluding carboxylic acids is 1. The monoisotopic (exact) mass is 221 g/mol. The molecule has 0 aromatic heterocycles. The van der Waals surface area contributed by atoms with Gasteiger partial charge in [-0.1, -0.05) is 11.6 Å². The largest absolute Gasteiger partial charge is 0.395 e. The molecule has 2 N–H and O–H groups in total. The summed E-state index contributed by atoms with van der Waals surface area (Å²) >= 11 is 10.8. The van der Waals surface area contributed by atoms with Crippen molar-refractivity contribution in [1.82, 2.24) is 0 Å². The lowest BCUT2D eigenvalue weighted by Crippen LogP contribution is -2.06. The molecule has 0 aliphatic rings. The van der Waals surface area contributed by atoms with Crippen LogP contribution >= 0.6 is 23.2 Å². The van der Waals surface area contributed by atoms with Crippen LogP contribution in [0, 0.1) is 5.82 Å². The first-order chi connectivity index (χ1) is 6.07. The minimum absolute atomic E-state index is 0.0867. The predicted octanol–water partition coefficient (Wildman–Crippen LogP) is 2.48. The highest BCUT2D eigenvalue weighted by Crippen LogP contribution is 2.24. The fourth-order valence-electron chi connectivity index (χ4n) is 0.857. The molecule has 0 fully saturated rings. The summed E-state index contributed by atoms with van der Waals surface area (Å²) in [7, 11) is 0. The molecule has 1 rings (SSSR count). The summed E-state index contributed by atoms with van der Waals surface area (Å²) in [4.78, 5) is 11.0. The smallest absolute Gasteiger partial charge is 0.180 e. The van der Waals surface area contributed by atoms with Crippen LogP contribution in [-0.4, -0.2) is 11.7 Å². The molecule has 70 valence electrons. The minimum Gasteiger partial charge on any atom is -0.395 e. The Labute approximate surface area is 84.4 Å². The lowest BCUT2D eigenvalue weighted by atomic mass is 10.1. The SMILES string of the molecule is Nc1c(Cl)ccc(C(=O)CCl)c1F. The Hall–Kier alpha value is -0.800. The zero-order valence-corrected chi connectivity index (χ0v) is 7.99. The number of benzene rings is 1. The molecular weight excluding hydrogens is 216 g/mol. The van der Waals surface area contributed by atoms with E-state index in [2.05, 4.69) is 0 Å². The highest BCUT2D eigenvalue weighted by atomic mass is 35.5. The molecular formula is C8H6Cl2FNO. The van der Waals surface area contributed by atoms with Crippen LogP contribution in [0.5, 0.6) is 0 Å². The molecule has 2 nitrogen and oxygen atoms in total. The fourth-order valence-corrected chi connectivity index (χ4v) is 1.15. The highest BCUT2D eigenvalue weighted by molar-refractivity contribution is 6.34. The number of nitrogen functional groups attached to an aromatic ring is 1. The van der Waals surface area contributed by atoms with E-state index in [1.807, 2.05) is 0 Å². The van der Waals surface area contributed by atoms with E-state index in [1.54, 1.807) is 0 Å². The van der Waals surface area contributed by atoms with E-state index in [0.717, 1.165) is 0 Å². The van der Waals surface area contributed by atoms with E-state index in [1.165, 1.54) is 12.1 Å². The topological polar surface area (TPSA) is 43.1 Å². The molecule has 0 unspecified atom stereocenters. The molecule has 0 aliphatic heterocycles. The van der Waals surface area contributed by atoms with Crippen LogP contribution in [-0.2, 0) is 0 Å². The van der Waals surface area contributed by atoms with Gasteiger partial charge in [-0.3, -0.25) is 4.79 Å². The molecule has 0 bridgehead atoms. The molecule has 0 spiro atoms. The van der Waals surface area contributed by atoms with Gasteiger partial charge < -0.3 is 5.73 Å². The van der Waals surface area contributed by atoms with Crippen molar-refractivity contribution < 1.29 is 9.18 Å². The minimum atomic E-state index is -0.807. The van der Waals surface area contributed by atoms with Gasteiger partial charge in [0, 0.05) is 0 Å². The van der Waals surface area contributed by atoms with E-state index in [-0.39, 0.29) is 22.2 Å². The van der Waals surface area contributed by atoms with E-state index >= 15 is 0 Å². The second-order valence-corrected chi connectivity index (χ2v) is 3.05. The average Bonchev–Trinajstić information content (AvgIpc) is 2.13. The van der Waals surface area contributed by atoms with Crippen LogP contribution in [0.1, 0.15) is 10.4 Å². The van der Waals surface area contributed by atoms with Crippen molar-refractivity contribution >= 4 is 34.7 Å². The van der Waals surface area contributed by atoms with Crippen LogP contribution in [0.15, 0.2) is 12.1 Å². The van der Waals surface area contributed by atoms with Crippen LogP contribution in [0.2, 0.25) is 5.02 Å². The number of carbonyl (C=O) groups is 1. The maximum Gasteiger partial charge on any atom is 0.180 e. The van der Waals surface area contributed by atoms with Gasteiger partial charge in [0.05, 0.1) is 22.2 Å². The van der Waals surface area contributed by atoms with Gasteiger partial charge in [-0.25, -0.2) is 4.39 Å². The Morgan fingerprint density at radius 1 is 1.54 bits per heavy atom. The molecule has 1 aromatic carbocycles.